The molecule has 0 aliphatic carbocycles. The molecule has 0 bridgehead atoms. The van der Waals surface area contributed by atoms with Crippen LogP contribution in [0.3, 0.4) is 0 Å². The van der Waals surface area contributed by atoms with Crippen molar-refractivity contribution in [3.05, 3.63) is 81.5 Å². The topological polar surface area (TPSA) is 64.1 Å². The number of para-hydroxylation sites is 1. The van der Waals surface area contributed by atoms with Crippen LogP contribution in [-0.4, -0.2) is 16.7 Å². The Hall–Kier alpha value is -3.34. The molecule has 0 saturated heterocycles. The van der Waals surface area contributed by atoms with E-state index < -0.39 is 5.69 Å². The minimum Gasteiger partial charge on any atom is -0.497 e. The first-order valence-electron chi connectivity index (χ1n) is 7.50. The molecule has 1 heterocycles. The molecule has 0 radical (unpaired) electrons. The fourth-order valence-corrected chi connectivity index (χ4v) is 2.96. The van der Waals surface area contributed by atoms with Crippen molar-refractivity contribution in [1.29, 1.82) is 0 Å². The number of hydrogen-bond acceptors (Lipinski definition) is 3. The van der Waals surface area contributed by atoms with Crippen molar-refractivity contribution in [3.8, 4) is 11.4 Å². The SMILES string of the molecule is COc1ccc2c(ccc3[nH]c(=O)n(-c4ccccc4)c(=O)c32)c1. The minimum atomic E-state index is -0.452. The summed E-state index contributed by atoms with van der Waals surface area (Å²) in [6.45, 7) is 0. The Kier molecular flexibility index (Phi) is 3.20. The molecule has 118 valence electrons. The number of fused-ring (bicyclic) bond motifs is 3. The van der Waals surface area contributed by atoms with Gasteiger partial charge in [0.05, 0.1) is 23.7 Å². The number of ether oxygens (including phenoxy) is 1. The molecule has 0 amide bonds. The average molecular weight is 318 g/mol. The lowest BCUT2D eigenvalue weighted by molar-refractivity contribution is 0.415. The zero-order valence-corrected chi connectivity index (χ0v) is 12.9. The molecule has 4 rings (SSSR count). The van der Waals surface area contributed by atoms with Crippen molar-refractivity contribution in [2.24, 2.45) is 0 Å². The number of hydrogen-bond donors (Lipinski definition) is 1. The van der Waals surface area contributed by atoms with E-state index >= 15 is 0 Å². The summed E-state index contributed by atoms with van der Waals surface area (Å²) in [6.07, 6.45) is 0. The average Bonchev–Trinajstić information content (AvgIpc) is 2.61. The van der Waals surface area contributed by atoms with Gasteiger partial charge in [0.2, 0.25) is 0 Å². The first-order valence-corrected chi connectivity index (χ1v) is 7.50. The monoisotopic (exact) mass is 318 g/mol. The number of nitrogens with zero attached hydrogens (tertiary/aromatic N) is 1. The number of H-pyrrole nitrogens is 1. The molecule has 0 saturated carbocycles. The van der Waals surface area contributed by atoms with E-state index in [4.69, 9.17) is 4.74 Å². The molecule has 4 aromatic rings. The molecule has 0 unspecified atom stereocenters. The summed E-state index contributed by atoms with van der Waals surface area (Å²) in [5.74, 6) is 0.717. The maximum Gasteiger partial charge on any atom is 0.333 e. The van der Waals surface area contributed by atoms with Gasteiger partial charge in [-0.3, -0.25) is 4.79 Å². The van der Waals surface area contributed by atoms with E-state index in [-0.39, 0.29) is 5.56 Å². The number of aromatic nitrogens is 2. The Bertz CT molecular complexity index is 1170. The van der Waals surface area contributed by atoms with E-state index in [0.29, 0.717) is 16.6 Å². The van der Waals surface area contributed by atoms with E-state index in [0.717, 1.165) is 21.1 Å². The van der Waals surface area contributed by atoms with Crippen LogP contribution in [-0.2, 0) is 0 Å². The molecule has 0 aliphatic heterocycles. The van der Waals surface area contributed by atoms with Gasteiger partial charge in [0.1, 0.15) is 5.75 Å². The smallest absolute Gasteiger partial charge is 0.333 e. The summed E-state index contributed by atoms with van der Waals surface area (Å²) >= 11 is 0. The zero-order valence-electron chi connectivity index (χ0n) is 12.9. The van der Waals surface area contributed by atoms with Gasteiger partial charge < -0.3 is 9.72 Å². The Morgan fingerprint density at radius 1 is 0.958 bits per heavy atom. The van der Waals surface area contributed by atoms with Crippen LogP contribution < -0.4 is 16.0 Å². The van der Waals surface area contributed by atoms with E-state index in [1.165, 1.54) is 0 Å². The van der Waals surface area contributed by atoms with Gasteiger partial charge >= 0.3 is 5.69 Å². The third-order valence-electron chi connectivity index (χ3n) is 4.10. The van der Waals surface area contributed by atoms with Crippen LogP contribution in [0.15, 0.2) is 70.3 Å². The van der Waals surface area contributed by atoms with Crippen molar-refractivity contribution >= 4 is 21.7 Å². The Labute approximate surface area is 136 Å². The second-order valence-electron chi connectivity index (χ2n) is 5.48. The fourth-order valence-electron chi connectivity index (χ4n) is 2.96. The molecule has 5 heteroatoms. The van der Waals surface area contributed by atoms with Gasteiger partial charge in [-0.05, 0) is 47.2 Å². The Balaban J connectivity index is 2.15. The van der Waals surface area contributed by atoms with Crippen LogP contribution in [0.4, 0.5) is 0 Å². The van der Waals surface area contributed by atoms with Gasteiger partial charge in [-0.25, -0.2) is 9.36 Å². The van der Waals surface area contributed by atoms with Gasteiger partial charge in [-0.15, -0.1) is 0 Å². The highest BCUT2D eigenvalue weighted by atomic mass is 16.5. The van der Waals surface area contributed by atoms with Gasteiger partial charge in [0.25, 0.3) is 5.56 Å². The third kappa shape index (κ3) is 2.10. The standard InChI is InChI=1S/C19H14N2O3/c1-24-14-8-9-15-12(11-14)7-10-16-17(15)18(22)21(19(23)20-16)13-5-3-2-4-6-13/h2-11H,1H3,(H,20,23). The maximum atomic E-state index is 13.0. The first-order chi connectivity index (χ1) is 11.7. The normalized spacial score (nSPS) is 11.0. The molecule has 0 spiro atoms. The van der Waals surface area contributed by atoms with Crippen molar-refractivity contribution in [1.82, 2.24) is 9.55 Å². The van der Waals surface area contributed by atoms with Crippen LogP contribution in [0, 0.1) is 0 Å². The largest absolute Gasteiger partial charge is 0.497 e. The number of rotatable bonds is 2. The molecule has 5 nitrogen and oxygen atoms in total. The van der Waals surface area contributed by atoms with E-state index in [1.54, 1.807) is 43.5 Å². The van der Waals surface area contributed by atoms with Crippen molar-refractivity contribution < 1.29 is 4.74 Å². The molecular formula is C19H14N2O3. The number of methoxy groups -OCH3 is 1. The predicted octanol–water partition coefficient (Wildman–Crippen LogP) is 2.84. The highest BCUT2D eigenvalue weighted by Crippen LogP contribution is 2.25. The molecule has 1 N–H and O–H groups in total. The van der Waals surface area contributed by atoms with Crippen LogP contribution in [0.1, 0.15) is 0 Å². The summed E-state index contributed by atoms with van der Waals surface area (Å²) in [7, 11) is 1.60. The summed E-state index contributed by atoms with van der Waals surface area (Å²) in [6, 6.07) is 18.0. The highest BCUT2D eigenvalue weighted by molar-refractivity contribution is 6.06. The van der Waals surface area contributed by atoms with Crippen LogP contribution in [0.5, 0.6) is 5.75 Å². The lowest BCUT2D eigenvalue weighted by atomic mass is 10.1. The van der Waals surface area contributed by atoms with Gasteiger partial charge in [0.15, 0.2) is 0 Å². The molecular weight excluding hydrogens is 304 g/mol. The van der Waals surface area contributed by atoms with Crippen LogP contribution in [0.25, 0.3) is 27.4 Å². The lowest BCUT2D eigenvalue weighted by Gasteiger charge is -2.09. The van der Waals surface area contributed by atoms with Crippen LogP contribution in [0.2, 0.25) is 0 Å². The zero-order chi connectivity index (χ0) is 16.7. The molecule has 3 aromatic carbocycles. The summed E-state index contributed by atoms with van der Waals surface area (Å²) < 4.78 is 6.39. The Morgan fingerprint density at radius 2 is 1.75 bits per heavy atom. The van der Waals surface area contributed by atoms with Crippen molar-refractivity contribution in [3.63, 3.8) is 0 Å². The first kappa shape index (κ1) is 14.3. The van der Waals surface area contributed by atoms with Crippen LogP contribution >= 0.6 is 0 Å². The van der Waals surface area contributed by atoms with E-state index in [9.17, 15) is 9.59 Å². The maximum absolute atomic E-state index is 13.0. The second-order valence-corrected chi connectivity index (χ2v) is 5.48. The number of nitrogens with one attached hydrogen (secondary N) is 1. The van der Waals surface area contributed by atoms with Crippen molar-refractivity contribution in [2.75, 3.05) is 7.11 Å². The van der Waals surface area contributed by atoms with E-state index in [2.05, 4.69) is 4.98 Å². The predicted molar refractivity (Wildman–Crippen MR) is 94.2 cm³/mol. The minimum absolute atomic E-state index is 0.337. The Morgan fingerprint density at radius 3 is 2.50 bits per heavy atom. The molecule has 0 aliphatic rings. The summed E-state index contributed by atoms with van der Waals surface area (Å²) in [5.41, 5.74) is 0.272. The molecule has 24 heavy (non-hydrogen) atoms. The molecule has 0 atom stereocenters. The van der Waals surface area contributed by atoms with Gasteiger partial charge in [-0.2, -0.15) is 0 Å². The third-order valence-corrected chi connectivity index (χ3v) is 4.10. The molecule has 1 aromatic heterocycles. The number of aromatic amines is 1. The summed E-state index contributed by atoms with van der Waals surface area (Å²) in [5, 5.41) is 2.14. The molecule has 0 fully saturated rings. The van der Waals surface area contributed by atoms with E-state index in [1.807, 2.05) is 24.3 Å². The fraction of sp³-hybridized carbons (Fsp3) is 0.0526. The van der Waals surface area contributed by atoms with Crippen molar-refractivity contribution in [2.45, 2.75) is 0 Å². The highest BCUT2D eigenvalue weighted by Gasteiger charge is 2.12. The second kappa shape index (κ2) is 5.38. The summed E-state index contributed by atoms with van der Waals surface area (Å²) in [4.78, 5) is 28.2. The lowest BCUT2D eigenvalue weighted by Crippen LogP contribution is -2.33. The van der Waals surface area contributed by atoms with Gasteiger partial charge in [-0.1, -0.05) is 24.3 Å². The quantitative estimate of drug-likeness (QED) is 0.578. The van der Waals surface area contributed by atoms with Gasteiger partial charge in [0, 0.05) is 0 Å². The number of benzene rings is 3.